The third-order valence-corrected chi connectivity index (χ3v) is 8.85. The van der Waals surface area contributed by atoms with Crippen LogP contribution in [-0.4, -0.2) is 62.3 Å². The maximum absolute atomic E-state index is 12.5. The molecule has 0 bridgehead atoms. The molecule has 7 heteroatoms. The molecule has 0 aromatic carbocycles. The fourth-order valence-corrected chi connectivity index (χ4v) is 5.50. The van der Waals surface area contributed by atoms with Crippen molar-refractivity contribution in [2.24, 2.45) is 5.92 Å². The van der Waals surface area contributed by atoms with Crippen LogP contribution in [0.4, 0.5) is 0 Å². The summed E-state index contributed by atoms with van der Waals surface area (Å²) >= 11 is 0. The highest BCUT2D eigenvalue weighted by Crippen LogP contribution is 2.14. The minimum absolute atomic E-state index is 0.0248. The van der Waals surface area contributed by atoms with Crippen molar-refractivity contribution in [3.05, 3.63) is 97.2 Å². The number of nitrogens with zero attached hydrogens (tertiary/aromatic N) is 1. The number of esters is 2. The van der Waals surface area contributed by atoms with Crippen molar-refractivity contribution in [1.29, 1.82) is 0 Å². The Balaban J connectivity index is 0. The second-order valence-electron chi connectivity index (χ2n) is 14.6. The van der Waals surface area contributed by atoms with Crippen molar-refractivity contribution in [2.75, 3.05) is 33.9 Å². The predicted molar refractivity (Wildman–Crippen MR) is 243 cm³/mol. The zero-order chi connectivity index (χ0) is 42.1. The third-order valence-electron chi connectivity index (χ3n) is 8.85. The van der Waals surface area contributed by atoms with E-state index in [0.717, 1.165) is 90.0 Å². The maximum atomic E-state index is 12.5. The van der Waals surface area contributed by atoms with Crippen LogP contribution in [0.2, 0.25) is 0 Å². The van der Waals surface area contributed by atoms with Crippen LogP contribution < -0.4 is 0 Å². The Hall–Kier alpha value is -3.71. The van der Waals surface area contributed by atoms with E-state index in [4.69, 9.17) is 19.4 Å². The molecule has 0 rings (SSSR count). The first kappa shape index (κ1) is 55.4. The van der Waals surface area contributed by atoms with Crippen LogP contribution in [0, 0.1) is 5.92 Å². The van der Waals surface area contributed by atoms with E-state index in [1.54, 1.807) is 0 Å². The zero-order valence-corrected chi connectivity index (χ0v) is 36.7. The van der Waals surface area contributed by atoms with Gasteiger partial charge in [0.1, 0.15) is 0 Å². The SMILES string of the molecule is CCCCC/C=C\C/C=C\C/C=C\C/C=C\CCCCC(COC(=O)CCC/C=C\C/C=C\C/C=C\C/C=C\CCCCC)COC(=O)CCCN(C)C.O=CO. The summed E-state index contributed by atoms with van der Waals surface area (Å²) in [5.74, 6) is -0.320. The fourth-order valence-electron chi connectivity index (χ4n) is 5.50. The Kier molecular flexibility index (Phi) is 47.1. The number of carboxylic acid groups (broad SMARTS) is 1. The summed E-state index contributed by atoms with van der Waals surface area (Å²) in [6, 6.07) is 0. The topological polar surface area (TPSA) is 93.1 Å². The van der Waals surface area contributed by atoms with Gasteiger partial charge >= 0.3 is 11.9 Å². The van der Waals surface area contributed by atoms with E-state index in [1.165, 1.54) is 51.4 Å². The molecule has 1 atom stereocenters. The van der Waals surface area contributed by atoms with Crippen LogP contribution in [0.1, 0.15) is 162 Å². The molecule has 0 aromatic rings. The highest BCUT2D eigenvalue weighted by atomic mass is 16.5. The summed E-state index contributed by atoms with van der Waals surface area (Å²) < 4.78 is 11.3. The lowest BCUT2D eigenvalue weighted by molar-refractivity contribution is -0.149. The van der Waals surface area contributed by atoms with Gasteiger partial charge in [0.05, 0.1) is 13.2 Å². The summed E-state index contributed by atoms with van der Waals surface area (Å²) in [7, 11) is 4.00. The third kappa shape index (κ3) is 50.3. The molecule has 0 radical (unpaired) electrons. The van der Waals surface area contributed by atoms with E-state index in [9.17, 15) is 9.59 Å². The van der Waals surface area contributed by atoms with Gasteiger partial charge in [-0.05, 0) is 123 Å². The second-order valence-corrected chi connectivity index (χ2v) is 14.6. The van der Waals surface area contributed by atoms with Crippen LogP contribution >= 0.6 is 0 Å². The molecule has 0 amide bonds. The molecule has 57 heavy (non-hydrogen) atoms. The van der Waals surface area contributed by atoms with E-state index in [0.29, 0.717) is 26.1 Å². The van der Waals surface area contributed by atoms with Gasteiger partial charge in [-0.25, -0.2) is 0 Å². The van der Waals surface area contributed by atoms with Crippen LogP contribution in [0.25, 0.3) is 0 Å². The van der Waals surface area contributed by atoms with E-state index in [1.807, 2.05) is 14.1 Å². The second kappa shape index (κ2) is 48.4. The monoisotopic (exact) mass is 794 g/mol. The lowest BCUT2D eigenvalue weighted by Gasteiger charge is -2.17. The van der Waals surface area contributed by atoms with Gasteiger partial charge in [-0.1, -0.05) is 143 Å². The molecule has 0 saturated heterocycles. The highest BCUT2D eigenvalue weighted by molar-refractivity contribution is 5.69. The summed E-state index contributed by atoms with van der Waals surface area (Å²) in [4.78, 5) is 35.2. The van der Waals surface area contributed by atoms with Gasteiger partial charge in [0.15, 0.2) is 0 Å². The summed E-state index contributed by atoms with van der Waals surface area (Å²) in [5.41, 5.74) is 0. The minimum Gasteiger partial charge on any atom is -0.483 e. The van der Waals surface area contributed by atoms with E-state index in [-0.39, 0.29) is 24.3 Å². The predicted octanol–water partition coefficient (Wildman–Crippen LogP) is 13.4. The van der Waals surface area contributed by atoms with Gasteiger partial charge < -0.3 is 19.5 Å². The molecule has 0 aliphatic heterocycles. The molecule has 0 spiro atoms. The lowest BCUT2D eigenvalue weighted by atomic mass is 10.0. The van der Waals surface area contributed by atoms with Crippen molar-refractivity contribution >= 4 is 18.4 Å². The molecule has 0 aliphatic carbocycles. The number of allylic oxidation sites excluding steroid dienone is 16. The molecule has 0 saturated carbocycles. The largest absolute Gasteiger partial charge is 0.483 e. The molecule has 0 aromatic heterocycles. The van der Waals surface area contributed by atoms with Gasteiger partial charge in [-0.15, -0.1) is 0 Å². The van der Waals surface area contributed by atoms with Gasteiger partial charge in [0.2, 0.25) is 0 Å². The number of hydrogen-bond donors (Lipinski definition) is 1. The van der Waals surface area contributed by atoms with Crippen molar-refractivity contribution in [2.45, 2.75) is 162 Å². The number of unbranched alkanes of at least 4 members (excludes halogenated alkanes) is 9. The first-order chi connectivity index (χ1) is 27.9. The van der Waals surface area contributed by atoms with Gasteiger partial charge in [-0.2, -0.15) is 0 Å². The molecule has 1 unspecified atom stereocenters. The Morgan fingerprint density at radius 1 is 0.491 bits per heavy atom. The van der Waals surface area contributed by atoms with Crippen LogP contribution in [0.3, 0.4) is 0 Å². The molecular weight excluding hydrogens is 711 g/mol. The number of carbonyl (C=O) groups is 3. The Morgan fingerprint density at radius 3 is 1.16 bits per heavy atom. The number of hydrogen-bond acceptors (Lipinski definition) is 6. The van der Waals surface area contributed by atoms with Crippen molar-refractivity contribution < 1.29 is 29.0 Å². The molecule has 324 valence electrons. The maximum Gasteiger partial charge on any atom is 0.305 e. The summed E-state index contributed by atoms with van der Waals surface area (Å²) in [5, 5.41) is 6.89. The average molecular weight is 794 g/mol. The van der Waals surface area contributed by atoms with Crippen LogP contribution in [0.15, 0.2) is 97.2 Å². The average Bonchev–Trinajstić information content (AvgIpc) is 3.19. The fraction of sp³-hybridized carbons (Fsp3) is 0.620. The van der Waals surface area contributed by atoms with Crippen molar-refractivity contribution in [3.8, 4) is 0 Å². The standard InChI is InChI=1S/C49H81NO4.CH2O2/c1-5-7-9-11-13-15-17-19-21-23-25-26-28-30-32-34-36-38-41-47(46-54-49(52)43-40-44-50(3)4)45-53-48(51)42-39-37-35-33-31-29-27-24-22-20-18-16-14-12-10-8-6-2;2-1-3/h13-16,19-22,25-27,29-30,32-33,35,47H,5-12,17-18,23-24,28,31,34,36-46H2,1-4H3;1H,(H,2,3)/b15-13-,16-14-,21-19-,22-20-,26-25-,29-27-,32-30-,35-33-;. The minimum atomic E-state index is -0.250. The zero-order valence-electron chi connectivity index (χ0n) is 36.7. The van der Waals surface area contributed by atoms with Crippen LogP contribution in [-0.2, 0) is 23.9 Å². The van der Waals surface area contributed by atoms with E-state index < -0.39 is 0 Å². The molecule has 7 nitrogen and oxygen atoms in total. The quantitative estimate of drug-likeness (QED) is 0.0290. The number of rotatable bonds is 37. The summed E-state index contributed by atoms with van der Waals surface area (Å²) in [6.45, 7) is 5.70. The Labute approximate surface area is 349 Å². The highest BCUT2D eigenvalue weighted by Gasteiger charge is 2.15. The van der Waals surface area contributed by atoms with Gasteiger partial charge in [0.25, 0.3) is 6.47 Å². The van der Waals surface area contributed by atoms with Gasteiger partial charge in [0, 0.05) is 18.8 Å². The molecule has 1 N–H and O–H groups in total. The van der Waals surface area contributed by atoms with Crippen molar-refractivity contribution in [3.63, 3.8) is 0 Å². The Bertz CT molecular complexity index is 1140. The first-order valence-corrected chi connectivity index (χ1v) is 22.1. The van der Waals surface area contributed by atoms with Gasteiger partial charge in [-0.3, -0.25) is 14.4 Å². The number of carbonyl (C=O) groups excluding carboxylic acids is 2. The molecule has 0 aliphatic rings. The van der Waals surface area contributed by atoms with Crippen LogP contribution in [0.5, 0.6) is 0 Å². The van der Waals surface area contributed by atoms with E-state index in [2.05, 4.69) is 116 Å². The first-order valence-electron chi connectivity index (χ1n) is 22.1. The molecular formula is C50H83NO6. The molecule has 0 heterocycles. The van der Waals surface area contributed by atoms with E-state index >= 15 is 0 Å². The smallest absolute Gasteiger partial charge is 0.305 e. The normalized spacial score (nSPS) is 12.8. The molecule has 0 fully saturated rings. The number of ether oxygens (including phenoxy) is 2. The van der Waals surface area contributed by atoms with Crippen molar-refractivity contribution in [1.82, 2.24) is 4.90 Å². The summed E-state index contributed by atoms with van der Waals surface area (Å²) in [6.07, 6.45) is 58.9. The lowest BCUT2D eigenvalue weighted by Crippen LogP contribution is -2.21. The Morgan fingerprint density at radius 2 is 0.807 bits per heavy atom.